The number of benzene rings is 2. The lowest BCUT2D eigenvalue weighted by molar-refractivity contribution is -0.123. The van der Waals surface area contributed by atoms with E-state index in [0.29, 0.717) is 0 Å². The number of anilines is 1. The third-order valence-corrected chi connectivity index (χ3v) is 4.07. The average Bonchev–Trinajstić information content (AvgIpc) is 2.55. The van der Waals surface area contributed by atoms with Gasteiger partial charge in [-0.2, -0.15) is 0 Å². The molecule has 0 aromatic heterocycles. The van der Waals surface area contributed by atoms with Gasteiger partial charge < -0.3 is 10.6 Å². The Balaban J connectivity index is 1.91. The van der Waals surface area contributed by atoms with Crippen LogP contribution in [0.3, 0.4) is 0 Å². The fourth-order valence-electron chi connectivity index (χ4n) is 2.66. The second-order valence-electron chi connectivity index (χ2n) is 7.22. The highest BCUT2D eigenvalue weighted by Gasteiger charge is 2.18. The second-order valence-corrected chi connectivity index (χ2v) is 7.22. The first-order chi connectivity index (χ1) is 11.8. The summed E-state index contributed by atoms with van der Waals surface area (Å²) < 4.78 is 0. The van der Waals surface area contributed by atoms with Crippen molar-refractivity contribution < 1.29 is 9.59 Å². The van der Waals surface area contributed by atoms with Crippen LogP contribution in [0, 0.1) is 6.92 Å². The zero-order valence-corrected chi connectivity index (χ0v) is 15.3. The highest BCUT2D eigenvalue weighted by Crippen LogP contribution is 2.29. The van der Waals surface area contributed by atoms with Gasteiger partial charge in [-0.05, 0) is 35.1 Å². The molecule has 4 nitrogen and oxygen atoms in total. The molecule has 132 valence electrons. The van der Waals surface area contributed by atoms with Crippen molar-refractivity contribution in [3.8, 4) is 0 Å². The van der Waals surface area contributed by atoms with E-state index in [1.54, 1.807) is 0 Å². The number of hydrogen-bond donors (Lipinski definition) is 2. The third kappa shape index (κ3) is 5.45. The van der Waals surface area contributed by atoms with E-state index in [0.717, 1.165) is 22.4 Å². The summed E-state index contributed by atoms with van der Waals surface area (Å²) in [6.45, 7) is 8.23. The Labute approximate surface area is 149 Å². The Morgan fingerprint density at radius 1 is 0.920 bits per heavy atom. The zero-order valence-electron chi connectivity index (χ0n) is 15.3. The van der Waals surface area contributed by atoms with Crippen molar-refractivity contribution in [3.63, 3.8) is 0 Å². The Kier molecular flexibility index (Phi) is 5.97. The van der Waals surface area contributed by atoms with Gasteiger partial charge in [-0.3, -0.25) is 9.59 Å². The molecule has 2 rings (SSSR count). The molecule has 2 N–H and O–H groups in total. The smallest absolute Gasteiger partial charge is 0.243 e. The van der Waals surface area contributed by atoms with E-state index < -0.39 is 0 Å². The van der Waals surface area contributed by atoms with Crippen LogP contribution in [-0.2, 0) is 21.4 Å². The Hall–Kier alpha value is -2.62. The van der Waals surface area contributed by atoms with E-state index in [1.165, 1.54) is 0 Å². The molecule has 0 bridgehead atoms. The van der Waals surface area contributed by atoms with Gasteiger partial charge in [-0.25, -0.2) is 0 Å². The molecule has 0 aliphatic rings. The number of aryl methyl sites for hydroxylation is 1. The van der Waals surface area contributed by atoms with Crippen molar-refractivity contribution >= 4 is 17.5 Å². The number of carbonyl (C=O) groups is 2. The summed E-state index contributed by atoms with van der Waals surface area (Å²) in [6.07, 6.45) is 0.276. The summed E-state index contributed by atoms with van der Waals surface area (Å²) in [5, 5.41) is 5.58. The molecule has 2 aromatic rings. The minimum Gasteiger partial charge on any atom is -0.347 e. The molecular weight excluding hydrogens is 312 g/mol. The van der Waals surface area contributed by atoms with Crippen LogP contribution in [-0.4, -0.2) is 18.4 Å². The van der Waals surface area contributed by atoms with Crippen molar-refractivity contribution in [2.75, 3.05) is 11.9 Å². The number of hydrogen-bond acceptors (Lipinski definition) is 2. The first-order valence-electron chi connectivity index (χ1n) is 8.48. The monoisotopic (exact) mass is 338 g/mol. The van der Waals surface area contributed by atoms with Crippen LogP contribution in [0.25, 0.3) is 0 Å². The van der Waals surface area contributed by atoms with Gasteiger partial charge in [0.25, 0.3) is 0 Å². The fraction of sp³-hybridized carbons (Fsp3) is 0.333. The van der Waals surface area contributed by atoms with Crippen molar-refractivity contribution in [2.45, 2.75) is 39.5 Å². The summed E-state index contributed by atoms with van der Waals surface area (Å²) in [5.74, 6) is -0.386. The van der Waals surface area contributed by atoms with Crippen molar-refractivity contribution in [1.82, 2.24) is 5.32 Å². The van der Waals surface area contributed by atoms with Crippen LogP contribution in [0.5, 0.6) is 0 Å². The van der Waals surface area contributed by atoms with Crippen molar-refractivity contribution in [1.29, 1.82) is 0 Å². The van der Waals surface area contributed by atoms with Gasteiger partial charge in [0, 0.05) is 5.69 Å². The van der Waals surface area contributed by atoms with Crippen LogP contribution in [0.2, 0.25) is 0 Å². The number of nitrogens with one attached hydrogen (secondary N) is 2. The summed E-state index contributed by atoms with van der Waals surface area (Å²) in [5.41, 5.74) is 3.82. The molecule has 0 aliphatic carbocycles. The molecule has 0 atom stereocenters. The Bertz CT molecular complexity index is 760. The molecule has 0 heterocycles. The fourth-order valence-corrected chi connectivity index (χ4v) is 2.66. The SMILES string of the molecule is Cc1ccccc1CC(=O)NCC(=O)Nc1ccccc1C(C)(C)C. The van der Waals surface area contributed by atoms with Gasteiger partial charge in [-0.1, -0.05) is 63.2 Å². The largest absolute Gasteiger partial charge is 0.347 e. The topological polar surface area (TPSA) is 58.2 Å². The average molecular weight is 338 g/mol. The summed E-state index contributed by atoms with van der Waals surface area (Å²) in [6, 6.07) is 15.5. The summed E-state index contributed by atoms with van der Waals surface area (Å²) >= 11 is 0. The quantitative estimate of drug-likeness (QED) is 0.875. The van der Waals surface area contributed by atoms with Crippen LogP contribution in [0.1, 0.15) is 37.5 Å². The van der Waals surface area contributed by atoms with Crippen molar-refractivity contribution in [2.24, 2.45) is 0 Å². The Morgan fingerprint density at radius 3 is 2.24 bits per heavy atom. The maximum atomic E-state index is 12.2. The van der Waals surface area contributed by atoms with E-state index >= 15 is 0 Å². The maximum Gasteiger partial charge on any atom is 0.243 e. The number of para-hydroxylation sites is 1. The lowest BCUT2D eigenvalue weighted by Gasteiger charge is -2.23. The molecule has 0 aliphatic heterocycles. The summed E-state index contributed by atoms with van der Waals surface area (Å²) in [4.78, 5) is 24.2. The highest BCUT2D eigenvalue weighted by molar-refractivity contribution is 5.95. The van der Waals surface area contributed by atoms with Gasteiger partial charge in [-0.15, -0.1) is 0 Å². The lowest BCUT2D eigenvalue weighted by atomic mass is 9.86. The van der Waals surface area contributed by atoms with Crippen LogP contribution >= 0.6 is 0 Å². The van der Waals surface area contributed by atoms with Gasteiger partial charge >= 0.3 is 0 Å². The standard InChI is InChI=1S/C21H26N2O2/c1-15-9-5-6-10-16(15)13-19(24)22-14-20(25)23-18-12-8-7-11-17(18)21(2,3)4/h5-12H,13-14H2,1-4H3,(H,22,24)(H,23,25). The molecule has 4 heteroatoms. The minimum absolute atomic E-state index is 0.0385. The third-order valence-electron chi connectivity index (χ3n) is 4.07. The van der Waals surface area contributed by atoms with Crippen LogP contribution < -0.4 is 10.6 Å². The van der Waals surface area contributed by atoms with Gasteiger partial charge in [0.05, 0.1) is 13.0 Å². The van der Waals surface area contributed by atoms with Gasteiger partial charge in [0.1, 0.15) is 0 Å². The molecule has 0 spiro atoms. The van der Waals surface area contributed by atoms with E-state index in [4.69, 9.17) is 0 Å². The minimum atomic E-state index is -0.227. The van der Waals surface area contributed by atoms with Gasteiger partial charge in [0.2, 0.25) is 11.8 Å². The highest BCUT2D eigenvalue weighted by atomic mass is 16.2. The normalized spacial score (nSPS) is 11.0. The number of carbonyl (C=O) groups excluding carboxylic acids is 2. The molecule has 0 radical (unpaired) electrons. The van der Waals surface area contributed by atoms with E-state index in [1.807, 2.05) is 55.5 Å². The lowest BCUT2D eigenvalue weighted by Crippen LogP contribution is -2.34. The molecular formula is C21H26N2O2. The van der Waals surface area contributed by atoms with E-state index in [9.17, 15) is 9.59 Å². The summed E-state index contributed by atoms with van der Waals surface area (Å²) in [7, 11) is 0. The molecule has 25 heavy (non-hydrogen) atoms. The van der Waals surface area contributed by atoms with Crippen molar-refractivity contribution in [3.05, 3.63) is 65.2 Å². The molecule has 2 aromatic carbocycles. The molecule has 2 amide bonds. The Morgan fingerprint density at radius 2 is 1.56 bits per heavy atom. The second kappa shape index (κ2) is 7.97. The van der Waals surface area contributed by atoms with E-state index in [2.05, 4.69) is 31.4 Å². The maximum absolute atomic E-state index is 12.2. The van der Waals surface area contributed by atoms with Crippen LogP contribution in [0.15, 0.2) is 48.5 Å². The molecule has 0 saturated heterocycles. The first kappa shape index (κ1) is 18.7. The van der Waals surface area contributed by atoms with Crippen LogP contribution in [0.4, 0.5) is 5.69 Å². The predicted octanol–water partition coefficient (Wildman–Crippen LogP) is 3.59. The number of amides is 2. The molecule has 0 saturated carbocycles. The number of rotatable bonds is 5. The molecule has 0 fully saturated rings. The molecule has 0 unspecified atom stereocenters. The van der Waals surface area contributed by atoms with Gasteiger partial charge in [0.15, 0.2) is 0 Å². The first-order valence-corrected chi connectivity index (χ1v) is 8.48. The zero-order chi connectivity index (χ0) is 18.4. The van der Waals surface area contributed by atoms with E-state index in [-0.39, 0.29) is 30.2 Å². The predicted molar refractivity (Wildman–Crippen MR) is 102 cm³/mol.